The number of rotatable bonds is 8. The minimum atomic E-state index is -0.710. The lowest BCUT2D eigenvalue weighted by Crippen LogP contribution is -2.58. The van der Waals surface area contributed by atoms with Gasteiger partial charge in [0, 0.05) is 16.9 Å². The summed E-state index contributed by atoms with van der Waals surface area (Å²) in [6.07, 6.45) is 0.719. The van der Waals surface area contributed by atoms with Crippen LogP contribution in [0.5, 0.6) is 5.75 Å². The van der Waals surface area contributed by atoms with Gasteiger partial charge in [0.05, 0.1) is 7.11 Å². The number of fused-ring (bicyclic) bond motifs is 3. The number of hydrogen-bond acceptors (Lipinski definition) is 5. The number of methoxy groups -OCH3 is 1. The quantitative estimate of drug-likeness (QED) is 0.580. The molecule has 2 heterocycles. The second-order valence-electron chi connectivity index (χ2n) is 9.72. The number of carbonyl (C=O) groups excluding carboxylic acids is 3. The molecule has 8 heteroatoms. The maximum absolute atomic E-state index is 13.7. The van der Waals surface area contributed by atoms with E-state index >= 15 is 0 Å². The number of carbonyl (C=O) groups is 3. The third-order valence-corrected chi connectivity index (χ3v) is 8.47. The van der Waals surface area contributed by atoms with Crippen LogP contribution in [0.1, 0.15) is 61.0 Å². The number of thioether (sulfide) groups is 1. The van der Waals surface area contributed by atoms with Crippen LogP contribution < -0.4 is 15.4 Å². The van der Waals surface area contributed by atoms with Crippen LogP contribution in [0.25, 0.3) is 0 Å². The predicted octanol–water partition coefficient (Wildman–Crippen LogP) is 3.89. The van der Waals surface area contributed by atoms with Gasteiger partial charge in [-0.2, -0.15) is 0 Å². The molecule has 4 rings (SSSR count). The van der Waals surface area contributed by atoms with E-state index in [1.165, 1.54) is 0 Å². The van der Waals surface area contributed by atoms with Crippen LogP contribution in [0.15, 0.2) is 48.5 Å². The van der Waals surface area contributed by atoms with E-state index in [9.17, 15) is 14.4 Å². The molecule has 2 aromatic carbocycles. The van der Waals surface area contributed by atoms with Gasteiger partial charge in [-0.25, -0.2) is 0 Å². The molecule has 2 aliphatic heterocycles. The summed E-state index contributed by atoms with van der Waals surface area (Å²) in [5, 5.41) is 5.76. The van der Waals surface area contributed by atoms with E-state index in [1.807, 2.05) is 76.2 Å². The molecule has 2 aliphatic rings. The molecule has 4 atom stereocenters. The first kappa shape index (κ1) is 25.1. The smallest absolute Gasteiger partial charge is 0.256 e. The molecule has 35 heavy (non-hydrogen) atoms. The van der Waals surface area contributed by atoms with Crippen molar-refractivity contribution in [2.45, 2.75) is 62.9 Å². The average molecular weight is 496 g/mol. The molecule has 1 fully saturated rings. The Bertz CT molecular complexity index is 1130. The van der Waals surface area contributed by atoms with Gasteiger partial charge in [-0.05, 0) is 49.1 Å². The zero-order chi connectivity index (χ0) is 25.3. The highest BCUT2D eigenvalue weighted by molar-refractivity contribution is 8.01. The van der Waals surface area contributed by atoms with Crippen molar-refractivity contribution in [1.82, 2.24) is 15.5 Å². The molecule has 7 nitrogen and oxygen atoms in total. The van der Waals surface area contributed by atoms with Gasteiger partial charge in [0.2, 0.25) is 11.8 Å². The van der Waals surface area contributed by atoms with Gasteiger partial charge in [0.25, 0.3) is 5.91 Å². The first-order chi connectivity index (χ1) is 16.7. The summed E-state index contributed by atoms with van der Waals surface area (Å²) >= 11 is 1.61. The lowest BCUT2D eigenvalue weighted by Gasteiger charge is -2.32. The van der Waals surface area contributed by atoms with Crippen molar-refractivity contribution in [2.75, 3.05) is 7.11 Å². The summed E-state index contributed by atoms with van der Waals surface area (Å²) in [5.41, 5.74) is 2.50. The van der Waals surface area contributed by atoms with E-state index in [0.29, 0.717) is 12.1 Å². The first-order valence-electron chi connectivity index (χ1n) is 12.0. The summed E-state index contributed by atoms with van der Waals surface area (Å²) < 4.78 is 4.75. The van der Waals surface area contributed by atoms with Gasteiger partial charge in [0.1, 0.15) is 23.2 Å². The molecule has 0 unspecified atom stereocenters. The number of nitrogens with one attached hydrogen (secondary N) is 2. The van der Waals surface area contributed by atoms with Gasteiger partial charge < -0.3 is 20.3 Å². The fourth-order valence-electron chi connectivity index (χ4n) is 4.82. The van der Waals surface area contributed by atoms with E-state index in [4.69, 9.17) is 4.74 Å². The Kier molecular flexibility index (Phi) is 7.12. The largest absolute Gasteiger partial charge is 0.497 e. The standard InChI is InChI=1S/C27H33N3O4S/c1-6-16(2)21(23(31)28-15-17-10-9-11-18(14-17)34-5)29-24(32)22-27(3,4)35-26-20-13-8-7-12-19(20)25(33)30(22)26/h7-14,16,21-22,26H,6,15H2,1-5H3,(H,28,31)(H,29,32)/t16-,21+,22-,26-/m1/s1. The Balaban J connectivity index is 1.51. The molecule has 0 spiro atoms. The number of nitrogens with zero attached hydrogens (tertiary/aromatic N) is 1. The zero-order valence-corrected chi connectivity index (χ0v) is 21.6. The highest BCUT2D eigenvalue weighted by Gasteiger charge is 2.57. The Morgan fingerprint density at radius 3 is 2.63 bits per heavy atom. The Hall–Kier alpha value is -3.00. The maximum Gasteiger partial charge on any atom is 0.256 e. The Morgan fingerprint density at radius 2 is 1.91 bits per heavy atom. The van der Waals surface area contributed by atoms with Crippen LogP contribution in [0.2, 0.25) is 0 Å². The average Bonchev–Trinajstić information content (AvgIpc) is 3.29. The SMILES string of the molecule is CC[C@@H](C)[C@H](NC(=O)[C@H]1N2C(=O)c3ccccc3[C@H]2SC1(C)C)C(=O)NCc1cccc(OC)c1. The van der Waals surface area contributed by atoms with Crippen LogP contribution in [0, 0.1) is 5.92 Å². The van der Waals surface area contributed by atoms with Crippen LogP contribution in [0.4, 0.5) is 0 Å². The minimum Gasteiger partial charge on any atom is -0.497 e. The molecule has 0 radical (unpaired) electrons. The van der Waals surface area contributed by atoms with Crippen molar-refractivity contribution in [1.29, 1.82) is 0 Å². The molecule has 2 N–H and O–H groups in total. The highest BCUT2D eigenvalue weighted by Crippen LogP contribution is 2.56. The second kappa shape index (κ2) is 9.93. The molecule has 2 aromatic rings. The Morgan fingerprint density at radius 1 is 1.17 bits per heavy atom. The summed E-state index contributed by atoms with van der Waals surface area (Å²) in [7, 11) is 1.60. The van der Waals surface area contributed by atoms with Crippen LogP contribution >= 0.6 is 11.8 Å². The van der Waals surface area contributed by atoms with Crippen molar-refractivity contribution in [3.8, 4) is 5.75 Å². The molecular formula is C27H33N3O4S. The summed E-state index contributed by atoms with van der Waals surface area (Å²) in [5.74, 6) is -0.0371. The number of amides is 3. The molecule has 186 valence electrons. The van der Waals surface area contributed by atoms with Gasteiger partial charge in [-0.3, -0.25) is 14.4 Å². The molecular weight excluding hydrogens is 462 g/mol. The first-order valence-corrected chi connectivity index (χ1v) is 12.9. The third kappa shape index (κ3) is 4.76. The van der Waals surface area contributed by atoms with E-state index in [1.54, 1.807) is 23.8 Å². The lowest BCUT2D eigenvalue weighted by molar-refractivity contribution is -0.133. The van der Waals surface area contributed by atoms with Crippen LogP contribution in [-0.4, -0.2) is 46.6 Å². The normalized spacial score (nSPS) is 21.6. The highest BCUT2D eigenvalue weighted by atomic mass is 32.2. The van der Waals surface area contributed by atoms with Crippen LogP contribution in [-0.2, 0) is 16.1 Å². The fraction of sp³-hybridized carbons (Fsp3) is 0.444. The Labute approximate surface area is 211 Å². The van der Waals surface area contributed by atoms with Crippen molar-refractivity contribution < 1.29 is 19.1 Å². The van der Waals surface area contributed by atoms with E-state index in [2.05, 4.69) is 10.6 Å². The zero-order valence-electron chi connectivity index (χ0n) is 20.8. The van der Waals surface area contributed by atoms with Crippen LogP contribution in [0.3, 0.4) is 0 Å². The molecule has 0 aromatic heterocycles. The van der Waals surface area contributed by atoms with E-state index < -0.39 is 16.8 Å². The number of ether oxygens (including phenoxy) is 1. The molecule has 3 amide bonds. The second-order valence-corrected chi connectivity index (χ2v) is 11.5. The third-order valence-electron chi connectivity index (χ3n) is 6.94. The molecule has 0 saturated carbocycles. The molecule has 0 aliphatic carbocycles. The molecule has 1 saturated heterocycles. The molecule has 0 bridgehead atoms. The summed E-state index contributed by atoms with van der Waals surface area (Å²) in [6, 6.07) is 13.6. The summed E-state index contributed by atoms with van der Waals surface area (Å²) in [4.78, 5) is 41.8. The lowest BCUT2D eigenvalue weighted by atomic mass is 9.95. The van der Waals surface area contributed by atoms with Crippen molar-refractivity contribution in [2.24, 2.45) is 5.92 Å². The monoisotopic (exact) mass is 495 g/mol. The summed E-state index contributed by atoms with van der Waals surface area (Å²) in [6.45, 7) is 8.23. The minimum absolute atomic E-state index is 0.0799. The number of hydrogen-bond donors (Lipinski definition) is 2. The van der Waals surface area contributed by atoms with Gasteiger partial charge in [-0.1, -0.05) is 50.6 Å². The van der Waals surface area contributed by atoms with Gasteiger partial charge >= 0.3 is 0 Å². The number of benzene rings is 2. The van der Waals surface area contributed by atoms with Crippen molar-refractivity contribution in [3.63, 3.8) is 0 Å². The fourth-order valence-corrected chi connectivity index (χ4v) is 6.41. The topological polar surface area (TPSA) is 87.7 Å². The van der Waals surface area contributed by atoms with E-state index in [0.717, 1.165) is 23.3 Å². The predicted molar refractivity (Wildman–Crippen MR) is 137 cm³/mol. The van der Waals surface area contributed by atoms with Gasteiger partial charge in [-0.15, -0.1) is 11.8 Å². The maximum atomic E-state index is 13.7. The van der Waals surface area contributed by atoms with Crippen molar-refractivity contribution >= 4 is 29.5 Å². The van der Waals surface area contributed by atoms with Crippen molar-refractivity contribution in [3.05, 3.63) is 65.2 Å². The van der Waals surface area contributed by atoms with Gasteiger partial charge in [0.15, 0.2) is 0 Å². The van der Waals surface area contributed by atoms with E-state index in [-0.39, 0.29) is 29.0 Å².